The van der Waals surface area contributed by atoms with Gasteiger partial charge in [-0.25, -0.2) is 0 Å². The maximum absolute atomic E-state index is 11.6. The molecule has 0 atom stereocenters. The first kappa shape index (κ1) is 15.6. The molecule has 0 aliphatic heterocycles. The molecule has 0 spiro atoms. The zero-order valence-electron chi connectivity index (χ0n) is 11.0. The molecule has 0 saturated carbocycles. The Hall–Kier alpha value is -1.36. The predicted molar refractivity (Wildman–Crippen MR) is 66.7 cm³/mol. The molecule has 0 aliphatic rings. The Kier molecular flexibility index (Phi) is 5.35. The highest BCUT2D eigenvalue weighted by Gasteiger charge is 2.44. The molecule has 0 saturated heterocycles. The van der Waals surface area contributed by atoms with Crippen molar-refractivity contribution in [2.45, 2.75) is 33.2 Å². The fraction of sp³-hybridized carbons (Fsp3) is 0.667. The molecule has 0 rings (SSSR count). The molecule has 5 heteroatoms. The summed E-state index contributed by atoms with van der Waals surface area (Å²) in [5.41, 5.74) is -1.87. The van der Waals surface area contributed by atoms with Crippen LogP contribution in [0.3, 0.4) is 0 Å². The van der Waals surface area contributed by atoms with Gasteiger partial charge in [0.1, 0.15) is 0 Å². The molecule has 0 aromatic rings. The molecule has 0 heterocycles. The Bertz CT molecular complexity index is 309. The number of hydrogen-bond acceptors (Lipinski definition) is 3. The summed E-state index contributed by atoms with van der Waals surface area (Å²) in [5.74, 6) is -1.17. The highest BCUT2D eigenvalue weighted by molar-refractivity contribution is 5.81. The lowest BCUT2D eigenvalue weighted by Crippen LogP contribution is -2.58. The van der Waals surface area contributed by atoms with E-state index in [0.717, 1.165) is 0 Å². The third-order valence-corrected chi connectivity index (χ3v) is 3.12. The van der Waals surface area contributed by atoms with E-state index in [4.69, 9.17) is 5.11 Å². The van der Waals surface area contributed by atoms with Gasteiger partial charge >= 0.3 is 5.97 Å². The van der Waals surface area contributed by atoms with E-state index in [9.17, 15) is 9.59 Å². The van der Waals surface area contributed by atoms with Crippen molar-refractivity contribution in [3.05, 3.63) is 12.7 Å². The molecule has 0 aromatic heterocycles. The predicted octanol–water partition coefficient (Wildman–Crippen LogP) is 0.768. The number of carboxylic acids is 1. The summed E-state index contributed by atoms with van der Waals surface area (Å²) in [4.78, 5) is 22.7. The minimum absolute atomic E-state index is 0.144. The second kappa shape index (κ2) is 5.82. The Labute approximate surface area is 102 Å². The van der Waals surface area contributed by atoms with Crippen LogP contribution in [-0.4, -0.2) is 35.6 Å². The van der Waals surface area contributed by atoms with Crippen molar-refractivity contribution in [2.75, 3.05) is 13.1 Å². The fourth-order valence-electron chi connectivity index (χ4n) is 1.10. The molecule has 0 radical (unpaired) electrons. The number of nitrogens with one attached hydrogen (secondary N) is 2. The van der Waals surface area contributed by atoms with Crippen LogP contribution in [0.2, 0.25) is 0 Å². The normalized spacial score (nSPS) is 12.0. The number of carbonyl (C=O) groups is 2. The zero-order chi connectivity index (χ0) is 13.7. The Morgan fingerprint density at radius 3 is 2.24 bits per heavy atom. The van der Waals surface area contributed by atoms with Crippen LogP contribution in [-0.2, 0) is 9.59 Å². The van der Waals surface area contributed by atoms with E-state index in [0.29, 0.717) is 6.54 Å². The summed E-state index contributed by atoms with van der Waals surface area (Å²) in [5, 5.41) is 14.7. The lowest BCUT2D eigenvalue weighted by atomic mass is 9.74. The smallest absolute Gasteiger partial charge is 0.311 e. The fourth-order valence-corrected chi connectivity index (χ4v) is 1.10. The second-order valence-corrected chi connectivity index (χ2v) is 5.02. The highest BCUT2D eigenvalue weighted by Crippen LogP contribution is 2.30. The van der Waals surface area contributed by atoms with Crippen LogP contribution in [0.1, 0.15) is 27.7 Å². The van der Waals surface area contributed by atoms with Crippen molar-refractivity contribution in [3.63, 3.8) is 0 Å². The van der Waals surface area contributed by atoms with Gasteiger partial charge < -0.3 is 15.7 Å². The van der Waals surface area contributed by atoms with Gasteiger partial charge in [-0.3, -0.25) is 9.59 Å². The number of amides is 1. The first-order chi connectivity index (χ1) is 7.65. The van der Waals surface area contributed by atoms with E-state index in [1.165, 1.54) is 0 Å². The van der Waals surface area contributed by atoms with E-state index < -0.39 is 16.9 Å². The quantitative estimate of drug-likeness (QED) is 0.455. The summed E-state index contributed by atoms with van der Waals surface area (Å²) < 4.78 is 0. The number of carbonyl (C=O) groups excluding carboxylic acids is 1. The molecule has 3 N–H and O–H groups in total. The average molecular weight is 242 g/mol. The number of carboxylic acid groups (broad SMARTS) is 1. The molecule has 0 fully saturated rings. The van der Waals surface area contributed by atoms with Gasteiger partial charge in [-0.2, -0.15) is 0 Å². The average Bonchev–Trinajstić information content (AvgIpc) is 2.16. The number of rotatable bonds is 7. The van der Waals surface area contributed by atoms with Gasteiger partial charge in [-0.1, -0.05) is 6.08 Å². The third kappa shape index (κ3) is 4.19. The minimum atomic E-state index is -1.04. The van der Waals surface area contributed by atoms with Gasteiger partial charge in [0.15, 0.2) is 0 Å². The first-order valence-electron chi connectivity index (χ1n) is 5.51. The number of aliphatic carboxylic acids is 1. The van der Waals surface area contributed by atoms with Gasteiger partial charge in [0, 0.05) is 6.54 Å². The molecule has 0 aliphatic carbocycles. The Morgan fingerprint density at radius 2 is 1.82 bits per heavy atom. The Balaban J connectivity index is 4.49. The molecular formula is C12H22N2O3. The van der Waals surface area contributed by atoms with Crippen molar-refractivity contribution in [3.8, 4) is 0 Å². The van der Waals surface area contributed by atoms with Crippen LogP contribution in [0.4, 0.5) is 0 Å². The van der Waals surface area contributed by atoms with Crippen LogP contribution in [0, 0.1) is 5.41 Å². The van der Waals surface area contributed by atoms with Gasteiger partial charge in [-0.15, -0.1) is 6.58 Å². The molecule has 1 amide bonds. The maximum atomic E-state index is 11.6. The standard InChI is InChI=1S/C12H22N2O3/c1-6-7-13-8-9(15)14-12(4,5)11(2,3)10(16)17/h6,13H,1,7-8H2,2-5H3,(H,14,15)(H,16,17). The Morgan fingerprint density at radius 1 is 1.29 bits per heavy atom. The number of hydrogen-bond donors (Lipinski definition) is 3. The van der Waals surface area contributed by atoms with Gasteiger partial charge in [-0.05, 0) is 27.7 Å². The van der Waals surface area contributed by atoms with Gasteiger partial charge in [0.2, 0.25) is 5.91 Å². The lowest BCUT2D eigenvalue weighted by Gasteiger charge is -2.38. The van der Waals surface area contributed by atoms with Crippen molar-refractivity contribution in [2.24, 2.45) is 5.41 Å². The molecular weight excluding hydrogens is 220 g/mol. The SMILES string of the molecule is C=CCNCC(=O)NC(C)(C)C(C)(C)C(=O)O. The third-order valence-electron chi connectivity index (χ3n) is 3.12. The van der Waals surface area contributed by atoms with E-state index in [-0.39, 0.29) is 12.5 Å². The van der Waals surface area contributed by atoms with Crippen molar-refractivity contribution >= 4 is 11.9 Å². The van der Waals surface area contributed by atoms with Crippen LogP contribution in [0.5, 0.6) is 0 Å². The van der Waals surface area contributed by atoms with Gasteiger partial charge in [0.05, 0.1) is 17.5 Å². The van der Waals surface area contributed by atoms with Crippen LogP contribution in [0.15, 0.2) is 12.7 Å². The molecule has 5 nitrogen and oxygen atoms in total. The van der Waals surface area contributed by atoms with Crippen molar-refractivity contribution < 1.29 is 14.7 Å². The minimum Gasteiger partial charge on any atom is -0.481 e. The van der Waals surface area contributed by atoms with E-state index in [1.807, 2.05) is 0 Å². The summed E-state index contributed by atoms with van der Waals surface area (Å²) >= 11 is 0. The first-order valence-corrected chi connectivity index (χ1v) is 5.51. The van der Waals surface area contributed by atoms with Crippen molar-refractivity contribution in [1.29, 1.82) is 0 Å². The monoisotopic (exact) mass is 242 g/mol. The summed E-state index contributed by atoms with van der Waals surface area (Å²) in [6.45, 7) is 10.8. The largest absolute Gasteiger partial charge is 0.481 e. The van der Waals surface area contributed by atoms with E-state index in [2.05, 4.69) is 17.2 Å². The van der Waals surface area contributed by atoms with Gasteiger partial charge in [0.25, 0.3) is 0 Å². The van der Waals surface area contributed by atoms with E-state index in [1.54, 1.807) is 33.8 Å². The zero-order valence-corrected chi connectivity index (χ0v) is 11.0. The molecule has 0 bridgehead atoms. The second-order valence-electron chi connectivity index (χ2n) is 5.02. The maximum Gasteiger partial charge on any atom is 0.311 e. The molecule has 0 aromatic carbocycles. The highest BCUT2D eigenvalue weighted by atomic mass is 16.4. The van der Waals surface area contributed by atoms with E-state index >= 15 is 0 Å². The van der Waals surface area contributed by atoms with Crippen LogP contribution >= 0.6 is 0 Å². The lowest BCUT2D eigenvalue weighted by molar-refractivity contribution is -0.151. The van der Waals surface area contributed by atoms with Crippen LogP contribution < -0.4 is 10.6 Å². The molecule has 17 heavy (non-hydrogen) atoms. The summed E-state index contributed by atoms with van der Waals surface area (Å²) in [7, 11) is 0. The van der Waals surface area contributed by atoms with Crippen molar-refractivity contribution in [1.82, 2.24) is 10.6 Å². The summed E-state index contributed by atoms with van der Waals surface area (Å²) in [6, 6.07) is 0. The summed E-state index contributed by atoms with van der Waals surface area (Å²) in [6.07, 6.45) is 1.65. The molecule has 0 unspecified atom stereocenters. The topological polar surface area (TPSA) is 78.4 Å². The van der Waals surface area contributed by atoms with Crippen LogP contribution in [0.25, 0.3) is 0 Å². The molecule has 98 valence electrons.